The molecule has 26 heavy (non-hydrogen) atoms. The molecular formula is C19H30N3O3S+. The Labute approximate surface area is 156 Å². The van der Waals surface area contributed by atoms with Crippen LogP contribution in [0, 0.1) is 5.92 Å². The molecule has 0 atom stereocenters. The van der Waals surface area contributed by atoms with Crippen molar-refractivity contribution >= 4 is 21.6 Å². The smallest absolute Gasteiger partial charge is 0.240 e. The highest BCUT2D eigenvalue weighted by molar-refractivity contribution is 7.89. The average Bonchev–Trinajstić information content (AvgIpc) is 3.06. The molecule has 1 aromatic carbocycles. The third kappa shape index (κ3) is 4.84. The minimum absolute atomic E-state index is 0.105. The Bertz CT molecular complexity index is 710. The number of carbonyl (C=O) groups is 1. The lowest BCUT2D eigenvalue weighted by atomic mass is 9.99. The fourth-order valence-electron chi connectivity index (χ4n) is 3.78. The van der Waals surface area contributed by atoms with E-state index in [0.29, 0.717) is 19.5 Å². The number of nitrogens with one attached hydrogen (secondary N) is 2. The number of carbonyl (C=O) groups excluding carboxylic acids is 1. The van der Waals surface area contributed by atoms with Gasteiger partial charge in [0.25, 0.3) is 0 Å². The van der Waals surface area contributed by atoms with Crippen LogP contribution >= 0.6 is 0 Å². The third-order valence-electron chi connectivity index (χ3n) is 5.51. The fraction of sp³-hybridized carbons (Fsp3) is 0.632. The van der Waals surface area contributed by atoms with Gasteiger partial charge >= 0.3 is 0 Å². The molecular weight excluding hydrogens is 350 g/mol. The number of quaternary nitrogens is 1. The predicted octanol–water partition coefficient (Wildman–Crippen LogP) is 0.797. The first kappa shape index (κ1) is 19.3. The summed E-state index contributed by atoms with van der Waals surface area (Å²) < 4.78 is 27.5. The standard InChI is InChI=1S/C19H29N3O3S/c1-16-9-14-21(15-10-16)12-3-11-20-26(24,25)18-7-5-17(6-8-18)22-13-2-4-19(22)23/h5-8,16,20H,2-4,9-15H2,1H3/p+1. The van der Waals surface area contributed by atoms with E-state index in [2.05, 4.69) is 11.6 Å². The van der Waals surface area contributed by atoms with Crippen LogP contribution in [0.4, 0.5) is 5.69 Å². The van der Waals surface area contributed by atoms with Crippen LogP contribution in [0.2, 0.25) is 0 Å². The second-order valence-corrected chi connectivity index (χ2v) is 9.34. The Morgan fingerprint density at radius 2 is 1.88 bits per heavy atom. The van der Waals surface area contributed by atoms with Crippen LogP contribution in [0.25, 0.3) is 0 Å². The van der Waals surface area contributed by atoms with E-state index in [1.165, 1.54) is 25.9 Å². The van der Waals surface area contributed by atoms with E-state index in [9.17, 15) is 13.2 Å². The molecule has 2 aliphatic heterocycles. The number of anilines is 1. The van der Waals surface area contributed by atoms with Crippen molar-refractivity contribution in [2.75, 3.05) is 37.6 Å². The topological polar surface area (TPSA) is 70.9 Å². The molecule has 2 fully saturated rings. The summed E-state index contributed by atoms with van der Waals surface area (Å²) in [5.74, 6) is 0.935. The normalized spacial score (nSPS) is 24.2. The van der Waals surface area contributed by atoms with Crippen molar-refractivity contribution in [1.82, 2.24) is 4.72 Å². The van der Waals surface area contributed by atoms with Crippen LogP contribution in [-0.2, 0) is 14.8 Å². The number of benzene rings is 1. The van der Waals surface area contributed by atoms with Crippen molar-refractivity contribution in [2.24, 2.45) is 5.92 Å². The summed E-state index contributed by atoms with van der Waals surface area (Å²) in [4.78, 5) is 15.3. The van der Waals surface area contributed by atoms with Gasteiger partial charge in [0.15, 0.2) is 0 Å². The largest absolute Gasteiger partial charge is 0.335 e. The molecule has 2 N–H and O–H groups in total. The van der Waals surface area contributed by atoms with E-state index in [-0.39, 0.29) is 10.8 Å². The van der Waals surface area contributed by atoms with Crippen molar-refractivity contribution in [3.63, 3.8) is 0 Å². The maximum atomic E-state index is 12.4. The SMILES string of the molecule is CC1CC[NH+](CCCNS(=O)(=O)c2ccc(N3CCCC3=O)cc2)CC1. The van der Waals surface area contributed by atoms with Gasteiger partial charge in [-0.05, 0) is 49.4 Å². The first-order chi connectivity index (χ1) is 12.5. The third-order valence-corrected chi connectivity index (χ3v) is 6.99. The summed E-state index contributed by atoms with van der Waals surface area (Å²) in [7, 11) is -3.49. The monoisotopic (exact) mass is 380 g/mol. The highest BCUT2D eigenvalue weighted by Crippen LogP contribution is 2.22. The van der Waals surface area contributed by atoms with Gasteiger partial charge in [-0.2, -0.15) is 0 Å². The van der Waals surface area contributed by atoms with Gasteiger partial charge in [0.05, 0.1) is 24.5 Å². The Kier molecular flexibility index (Phi) is 6.32. The van der Waals surface area contributed by atoms with Gasteiger partial charge in [0.1, 0.15) is 0 Å². The van der Waals surface area contributed by atoms with E-state index in [4.69, 9.17) is 0 Å². The Morgan fingerprint density at radius 1 is 1.19 bits per heavy atom. The zero-order valence-corrected chi connectivity index (χ0v) is 16.4. The van der Waals surface area contributed by atoms with Crippen molar-refractivity contribution in [1.29, 1.82) is 0 Å². The van der Waals surface area contributed by atoms with Gasteiger partial charge in [0, 0.05) is 31.6 Å². The molecule has 0 bridgehead atoms. The summed E-state index contributed by atoms with van der Waals surface area (Å²) in [6.07, 6.45) is 4.82. The highest BCUT2D eigenvalue weighted by Gasteiger charge is 2.22. The van der Waals surface area contributed by atoms with Crippen molar-refractivity contribution in [3.8, 4) is 0 Å². The summed E-state index contributed by atoms with van der Waals surface area (Å²) >= 11 is 0. The Balaban J connectivity index is 1.47. The number of hydrogen-bond donors (Lipinski definition) is 2. The minimum atomic E-state index is -3.49. The van der Waals surface area contributed by atoms with E-state index in [1.54, 1.807) is 34.1 Å². The van der Waals surface area contributed by atoms with E-state index in [1.807, 2.05) is 0 Å². The quantitative estimate of drug-likeness (QED) is 0.688. The van der Waals surface area contributed by atoms with Crippen LogP contribution in [0.3, 0.4) is 0 Å². The molecule has 3 rings (SSSR count). The second kappa shape index (κ2) is 8.50. The van der Waals surface area contributed by atoms with Gasteiger partial charge in [-0.15, -0.1) is 0 Å². The number of hydrogen-bond acceptors (Lipinski definition) is 3. The van der Waals surface area contributed by atoms with Crippen molar-refractivity contribution in [2.45, 2.75) is 43.9 Å². The molecule has 0 spiro atoms. The van der Waals surface area contributed by atoms with Gasteiger partial charge in [0.2, 0.25) is 15.9 Å². The van der Waals surface area contributed by atoms with Crippen LogP contribution in [0.1, 0.15) is 39.0 Å². The van der Waals surface area contributed by atoms with Crippen molar-refractivity contribution in [3.05, 3.63) is 24.3 Å². The lowest BCUT2D eigenvalue weighted by Gasteiger charge is -2.27. The maximum Gasteiger partial charge on any atom is 0.240 e. The van der Waals surface area contributed by atoms with Crippen molar-refractivity contribution < 1.29 is 18.1 Å². The molecule has 144 valence electrons. The zero-order chi connectivity index (χ0) is 18.6. The number of amides is 1. The van der Waals surface area contributed by atoms with Gasteiger partial charge < -0.3 is 9.80 Å². The summed E-state index contributed by atoms with van der Waals surface area (Å²) in [6, 6.07) is 6.61. The zero-order valence-electron chi connectivity index (χ0n) is 15.5. The van der Waals surface area contributed by atoms with E-state index >= 15 is 0 Å². The fourth-order valence-corrected chi connectivity index (χ4v) is 4.85. The van der Waals surface area contributed by atoms with Gasteiger partial charge in [-0.3, -0.25) is 4.79 Å². The lowest BCUT2D eigenvalue weighted by Crippen LogP contribution is -3.13. The van der Waals surface area contributed by atoms with E-state index < -0.39 is 10.0 Å². The van der Waals surface area contributed by atoms with Crippen LogP contribution in [0.15, 0.2) is 29.2 Å². The molecule has 0 radical (unpaired) electrons. The first-order valence-electron chi connectivity index (χ1n) is 9.69. The molecule has 7 heteroatoms. The van der Waals surface area contributed by atoms with E-state index in [0.717, 1.165) is 31.0 Å². The van der Waals surface area contributed by atoms with Crippen LogP contribution in [0.5, 0.6) is 0 Å². The number of sulfonamides is 1. The molecule has 2 saturated heterocycles. The highest BCUT2D eigenvalue weighted by atomic mass is 32.2. The molecule has 0 aliphatic carbocycles. The molecule has 6 nitrogen and oxygen atoms in total. The Morgan fingerprint density at radius 3 is 2.50 bits per heavy atom. The summed E-state index contributed by atoms with van der Waals surface area (Å²) in [5.41, 5.74) is 0.773. The van der Waals surface area contributed by atoms with Crippen LogP contribution in [-0.4, -0.2) is 47.0 Å². The number of nitrogens with zero attached hydrogens (tertiary/aromatic N) is 1. The average molecular weight is 381 g/mol. The molecule has 2 heterocycles. The molecule has 0 unspecified atom stereocenters. The number of rotatable bonds is 7. The first-order valence-corrected chi connectivity index (χ1v) is 11.2. The summed E-state index contributed by atoms with van der Waals surface area (Å²) in [6.45, 7) is 6.89. The van der Waals surface area contributed by atoms with Gasteiger partial charge in [-0.25, -0.2) is 13.1 Å². The molecule has 1 aromatic rings. The molecule has 2 aliphatic rings. The van der Waals surface area contributed by atoms with Gasteiger partial charge in [-0.1, -0.05) is 6.92 Å². The number of likely N-dealkylation sites (tertiary alicyclic amines) is 1. The predicted molar refractivity (Wildman–Crippen MR) is 102 cm³/mol. The summed E-state index contributed by atoms with van der Waals surface area (Å²) in [5, 5.41) is 0. The molecule has 0 saturated carbocycles. The molecule has 0 aromatic heterocycles. The Hall–Kier alpha value is -1.44. The minimum Gasteiger partial charge on any atom is -0.335 e. The van der Waals surface area contributed by atoms with Crippen LogP contribution < -0.4 is 14.5 Å². The maximum absolute atomic E-state index is 12.4. The second-order valence-electron chi connectivity index (χ2n) is 7.58. The number of piperidine rings is 1. The lowest BCUT2D eigenvalue weighted by molar-refractivity contribution is -0.906. The molecule has 1 amide bonds.